The Bertz CT molecular complexity index is 1780. The number of halogens is 6. The quantitative estimate of drug-likeness (QED) is 0.0648. The Morgan fingerprint density at radius 3 is 2.08 bits per heavy atom. The second-order valence-electron chi connectivity index (χ2n) is 11.2. The third-order valence-electron chi connectivity index (χ3n) is 7.48. The van der Waals surface area contributed by atoms with Crippen molar-refractivity contribution in [3.05, 3.63) is 83.4 Å². The monoisotopic (exact) mass is 730 g/mol. The topological polar surface area (TPSA) is 170 Å². The molecule has 11 nitrogen and oxygen atoms in total. The summed E-state index contributed by atoms with van der Waals surface area (Å²) in [6, 6.07) is 14.2. The fourth-order valence-corrected chi connectivity index (χ4v) is 6.37. The van der Waals surface area contributed by atoms with E-state index in [-0.39, 0.29) is 23.8 Å². The van der Waals surface area contributed by atoms with Crippen molar-refractivity contribution in [2.45, 2.75) is 61.5 Å². The molecule has 0 spiro atoms. The van der Waals surface area contributed by atoms with Crippen LogP contribution in [0.15, 0.2) is 71.6 Å². The standard InChI is InChI=1S/C32H32F6N4O7S/c33-31(34,35)29(43)48-26-13-12-25(28(39)40)27(49-30(44)32(36,37)38)24(26)11-8-20(42-50(45,46)23-4-2-1-3-5-23)18-19-6-9-21(10-7-19)47-22-14-16-41-17-15-22/h1-7,9-10,12-13,20,22,41-42H,8,11,14-18H2,(H3,39,40)/t20-/m1/s1. The number of piperidine rings is 1. The highest BCUT2D eigenvalue weighted by Gasteiger charge is 2.44. The zero-order chi connectivity index (χ0) is 36.7. The summed E-state index contributed by atoms with van der Waals surface area (Å²) in [7, 11) is -4.23. The first-order valence-corrected chi connectivity index (χ1v) is 16.5. The lowest BCUT2D eigenvalue weighted by molar-refractivity contribution is -0.190. The second-order valence-corrected chi connectivity index (χ2v) is 12.9. The van der Waals surface area contributed by atoms with E-state index in [1.165, 1.54) is 24.3 Å². The van der Waals surface area contributed by atoms with E-state index < -0.39 is 75.2 Å². The summed E-state index contributed by atoms with van der Waals surface area (Å²) in [6.07, 6.45) is -10.5. The first-order chi connectivity index (χ1) is 23.4. The number of hydrogen-bond donors (Lipinski definition) is 4. The molecule has 0 saturated carbocycles. The summed E-state index contributed by atoms with van der Waals surface area (Å²) in [5.41, 5.74) is 4.75. The van der Waals surface area contributed by atoms with Crippen LogP contribution in [0.4, 0.5) is 26.3 Å². The number of ether oxygens (including phenoxy) is 3. The van der Waals surface area contributed by atoms with Gasteiger partial charge in [-0.15, -0.1) is 0 Å². The van der Waals surface area contributed by atoms with Crippen LogP contribution < -0.4 is 30.0 Å². The Morgan fingerprint density at radius 2 is 1.50 bits per heavy atom. The number of esters is 2. The van der Waals surface area contributed by atoms with Gasteiger partial charge in [0.25, 0.3) is 0 Å². The fraction of sp³-hybridized carbons (Fsp3) is 0.344. The van der Waals surface area contributed by atoms with E-state index in [1.54, 1.807) is 30.3 Å². The van der Waals surface area contributed by atoms with Gasteiger partial charge in [0.05, 0.1) is 10.5 Å². The van der Waals surface area contributed by atoms with E-state index in [0.717, 1.165) is 38.1 Å². The number of carbonyl (C=O) groups excluding carboxylic acids is 2. The maximum Gasteiger partial charge on any atom is 0.491 e. The average Bonchev–Trinajstić information content (AvgIpc) is 3.05. The van der Waals surface area contributed by atoms with Crippen LogP contribution in [0.3, 0.4) is 0 Å². The Kier molecular flexibility index (Phi) is 12.1. The van der Waals surface area contributed by atoms with E-state index in [9.17, 15) is 44.3 Å². The molecule has 0 amide bonds. The summed E-state index contributed by atoms with van der Waals surface area (Å²) in [4.78, 5) is 23.5. The van der Waals surface area contributed by atoms with Crippen LogP contribution in [-0.2, 0) is 32.5 Å². The van der Waals surface area contributed by atoms with Gasteiger partial charge in [0.1, 0.15) is 29.2 Å². The predicted molar refractivity (Wildman–Crippen MR) is 166 cm³/mol. The number of hydrogen-bond acceptors (Lipinski definition) is 9. The van der Waals surface area contributed by atoms with Gasteiger partial charge in [0.2, 0.25) is 10.0 Å². The molecule has 4 rings (SSSR count). The molecule has 1 aliphatic heterocycles. The highest BCUT2D eigenvalue weighted by atomic mass is 32.2. The number of sulfonamides is 1. The molecule has 50 heavy (non-hydrogen) atoms. The van der Waals surface area contributed by atoms with Crippen LogP contribution in [0, 0.1) is 5.41 Å². The Balaban J connectivity index is 1.70. The van der Waals surface area contributed by atoms with Crippen molar-refractivity contribution < 1.29 is 58.6 Å². The molecule has 0 aromatic heterocycles. The number of nitrogen functional groups attached to an aromatic ring is 1. The maximum atomic E-state index is 13.3. The van der Waals surface area contributed by atoms with Gasteiger partial charge in [0.15, 0.2) is 0 Å². The van der Waals surface area contributed by atoms with E-state index >= 15 is 0 Å². The van der Waals surface area contributed by atoms with E-state index in [0.29, 0.717) is 11.3 Å². The fourth-order valence-electron chi connectivity index (χ4n) is 5.08. The predicted octanol–water partition coefficient (Wildman–Crippen LogP) is 4.56. The summed E-state index contributed by atoms with van der Waals surface area (Å²) in [5, 5.41) is 11.0. The minimum Gasteiger partial charge on any atom is -0.490 e. The Hall–Kier alpha value is -4.68. The van der Waals surface area contributed by atoms with Gasteiger partial charge in [-0.25, -0.2) is 22.7 Å². The van der Waals surface area contributed by atoms with Gasteiger partial charge in [-0.1, -0.05) is 30.3 Å². The molecule has 5 N–H and O–H groups in total. The Labute approximate surface area is 282 Å². The summed E-state index contributed by atoms with van der Waals surface area (Å²) >= 11 is 0. The number of nitrogens with one attached hydrogen (secondary N) is 3. The summed E-state index contributed by atoms with van der Waals surface area (Å²) in [6.45, 7) is 1.60. The SMILES string of the molecule is N=C(N)c1ccc(OC(=O)C(F)(F)F)c(CC[C@H](Cc2ccc(OC3CCNCC3)cc2)NS(=O)(=O)c2ccccc2)c1OC(=O)C(F)(F)F. The minimum absolute atomic E-state index is 0.000388. The minimum atomic E-state index is -5.58. The highest BCUT2D eigenvalue weighted by molar-refractivity contribution is 7.89. The van der Waals surface area contributed by atoms with Crippen molar-refractivity contribution in [1.29, 1.82) is 5.41 Å². The molecule has 3 aromatic rings. The number of benzene rings is 3. The number of amidine groups is 1. The van der Waals surface area contributed by atoms with Crippen molar-refractivity contribution in [2.75, 3.05) is 13.1 Å². The third kappa shape index (κ3) is 10.4. The van der Waals surface area contributed by atoms with Gasteiger partial charge in [-0.05, 0) is 87.2 Å². The van der Waals surface area contributed by atoms with Crippen LogP contribution >= 0.6 is 0 Å². The van der Waals surface area contributed by atoms with Gasteiger partial charge in [0, 0.05) is 11.6 Å². The second kappa shape index (κ2) is 15.9. The molecule has 270 valence electrons. The first kappa shape index (κ1) is 38.1. The van der Waals surface area contributed by atoms with Gasteiger partial charge >= 0.3 is 24.3 Å². The molecule has 1 heterocycles. The van der Waals surface area contributed by atoms with Crippen LogP contribution in [0.5, 0.6) is 17.2 Å². The van der Waals surface area contributed by atoms with Crippen molar-refractivity contribution in [2.24, 2.45) is 5.73 Å². The largest absolute Gasteiger partial charge is 0.491 e. The van der Waals surface area contributed by atoms with Gasteiger partial charge in [-0.2, -0.15) is 26.3 Å². The van der Waals surface area contributed by atoms with Crippen molar-refractivity contribution in [3.8, 4) is 17.2 Å². The molecule has 0 radical (unpaired) electrons. The third-order valence-corrected chi connectivity index (χ3v) is 9.02. The molecule has 3 aromatic carbocycles. The van der Waals surface area contributed by atoms with Crippen molar-refractivity contribution >= 4 is 27.8 Å². The lowest BCUT2D eigenvalue weighted by Crippen LogP contribution is -2.37. The van der Waals surface area contributed by atoms with Gasteiger partial charge in [-0.3, -0.25) is 5.41 Å². The smallest absolute Gasteiger partial charge is 0.490 e. The number of alkyl halides is 6. The number of nitrogens with two attached hydrogens (primary N) is 1. The maximum absolute atomic E-state index is 13.3. The molecule has 1 aliphatic rings. The summed E-state index contributed by atoms with van der Waals surface area (Å²) in [5.74, 6) is -7.94. The lowest BCUT2D eigenvalue weighted by atomic mass is 9.97. The molecule has 1 fully saturated rings. The normalized spacial score (nSPS) is 14.8. The number of rotatable bonds is 13. The van der Waals surface area contributed by atoms with Crippen LogP contribution in [0.25, 0.3) is 0 Å². The zero-order valence-electron chi connectivity index (χ0n) is 26.1. The van der Waals surface area contributed by atoms with Crippen LogP contribution in [0.2, 0.25) is 0 Å². The molecular formula is C32H32F6N4O7S. The highest BCUT2D eigenvalue weighted by Crippen LogP contribution is 2.37. The molecule has 0 bridgehead atoms. The lowest BCUT2D eigenvalue weighted by Gasteiger charge is -2.24. The molecule has 1 atom stereocenters. The Morgan fingerprint density at radius 1 is 0.900 bits per heavy atom. The van der Waals surface area contributed by atoms with Crippen molar-refractivity contribution in [3.63, 3.8) is 0 Å². The molecule has 18 heteroatoms. The molecular weight excluding hydrogens is 698 g/mol. The summed E-state index contributed by atoms with van der Waals surface area (Å²) < 4.78 is 123. The van der Waals surface area contributed by atoms with Crippen molar-refractivity contribution in [1.82, 2.24) is 10.0 Å². The molecule has 1 saturated heterocycles. The van der Waals surface area contributed by atoms with E-state index in [4.69, 9.17) is 15.9 Å². The van der Waals surface area contributed by atoms with E-state index in [1.807, 2.05) is 0 Å². The molecule has 0 aliphatic carbocycles. The van der Waals surface area contributed by atoms with Gasteiger partial charge < -0.3 is 25.3 Å². The first-order valence-electron chi connectivity index (χ1n) is 15.1. The average molecular weight is 731 g/mol. The number of carbonyl (C=O) groups is 2. The van der Waals surface area contributed by atoms with Crippen LogP contribution in [0.1, 0.15) is 36.0 Å². The zero-order valence-corrected chi connectivity index (χ0v) is 26.9. The van der Waals surface area contributed by atoms with Crippen LogP contribution in [-0.4, -0.2) is 63.8 Å². The molecule has 0 unspecified atom stereocenters. The van der Waals surface area contributed by atoms with E-state index in [2.05, 4.69) is 19.5 Å².